The monoisotopic (exact) mass is 460 g/mol. The standard InChI is InChI=1S/C27H44N2O4/c1-8-10-11-12-21(17-27(6,7)13-9-2)14-24-20(5)29(19(3)4)28-26(24)33-25-16-22(31)15-23(18-30)32-25/h8,10-12,17,19,22-23,25,30-31H,9,13-16,18H2,1-7H3/b10-8-,12-11-,21-17+. The molecule has 1 aliphatic rings. The molecule has 0 saturated carbocycles. The maximum atomic E-state index is 10.2. The SMILES string of the molecule is C\C=C/C=C\C(=C/C(C)(C)CCC)Cc1c(OC2CC(O)CC(CO)O2)nn(C(C)C)c1C. The van der Waals surface area contributed by atoms with E-state index in [1.54, 1.807) is 0 Å². The molecule has 2 N–H and O–H groups in total. The van der Waals surface area contributed by atoms with Crippen molar-refractivity contribution in [1.29, 1.82) is 0 Å². The average Bonchev–Trinajstić information content (AvgIpc) is 3.03. The first-order chi connectivity index (χ1) is 15.6. The summed E-state index contributed by atoms with van der Waals surface area (Å²) < 4.78 is 14.1. The fourth-order valence-corrected chi connectivity index (χ4v) is 4.46. The van der Waals surface area contributed by atoms with Crippen LogP contribution in [-0.2, 0) is 11.2 Å². The Balaban J connectivity index is 2.42. The lowest BCUT2D eigenvalue weighted by atomic mass is 9.85. The molecule has 6 nitrogen and oxygen atoms in total. The van der Waals surface area contributed by atoms with Crippen LogP contribution in [0.1, 0.15) is 84.5 Å². The highest BCUT2D eigenvalue weighted by Gasteiger charge is 2.31. The van der Waals surface area contributed by atoms with Gasteiger partial charge in [0, 0.05) is 36.6 Å². The van der Waals surface area contributed by atoms with E-state index in [1.165, 1.54) is 5.57 Å². The molecule has 1 aromatic rings. The molecule has 0 radical (unpaired) electrons. The third kappa shape index (κ3) is 8.13. The first kappa shape index (κ1) is 27.4. The molecular weight excluding hydrogens is 416 g/mol. The molecule has 33 heavy (non-hydrogen) atoms. The number of aliphatic hydroxyl groups is 2. The van der Waals surface area contributed by atoms with Crippen LogP contribution >= 0.6 is 0 Å². The van der Waals surface area contributed by atoms with Gasteiger partial charge in [0.05, 0.1) is 18.8 Å². The zero-order valence-corrected chi connectivity index (χ0v) is 21.5. The van der Waals surface area contributed by atoms with Gasteiger partial charge >= 0.3 is 0 Å². The minimum atomic E-state index is -0.637. The van der Waals surface area contributed by atoms with Gasteiger partial charge in [0.1, 0.15) is 0 Å². The van der Waals surface area contributed by atoms with E-state index in [1.807, 2.05) is 23.8 Å². The van der Waals surface area contributed by atoms with Gasteiger partial charge in [-0.15, -0.1) is 5.10 Å². The van der Waals surface area contributed by atoms with E-state index < -0.39 is 18.5 Å². The van der Waals surface area contributed by atoms with Crippen LogP contribution in [0.15, 0.2) is 36.0 Å². The predicted octanol–water partition coefficient (Wildman–Crippen LogP) is 5.44. The van der Waals surface area contributed by atoms with E-state index >= 15 is 0 Å². The van der Waals surface area contributed by atoms with Gasteiger partial charge in [-0.2, -0.15) is 0 Å². The molecule has 2 rings (SSSR count). The maximum absolute atomic E-state index is 10.2. The zero-order chi connectivity index (χ0) is 24.6. The lowest BCUT2D eigenvalue weighted by Crippen LogP contribution is -2.40. The summed E-state index contributed by atoms with van der Waals surface area (Å²) in [5.74, 6) is 0.538. The van der Waals surface area contributed by atoms with E-state index in [4.69, 9.17) is 14.6 Å². The van der Waals surface area contributed by atoms with Crippen LogP contribution in [0.2, 0.25) is 0 Å². The first-order valence-corrected chi connectivity index (χ1v) is 12.3. The molecular formula is C27H44N2O4. The molecule has 1 aromatic heterocycles. The van der Waals surface area contributed by atoms with Crippen LogP contribution in [-0.4, -0.2) is 45.1 Å². The summed E-state index contributed by atoms with van der Waals surface area (Å²) in [6.45, 7) is 14.9. The largest absolute Gasteiger partial charge is 0.446 e. The summed E-state index contributed by atoms with van der Waals surface area (Å²) in [6.07, 6.45) is 12.7. The Morgan fingerprint density at radius 2 is 2.03 bits per heavy atom. The van der Waals surface area contributed by atoms with E-state index in [0.717, 1.165) is 24.1 Å². The number of aromatic nitrogens is 2. The molecule has 6 heteroatoms. The number of ether oxygens (including phenoxy) is 2. The van der Waals surface area contributed by atoms with Gasteiger partial charge in [-0.1, -0.05) is 57.6 Å². The maximum Gasteiger partial charge on any atom is 0.238 e. The normalized spacial score (nSPS) is 22.7. The highest BCUT2D eigenvalue weighted by molar-refractivity contribution is 5.39. The summed E-state index contributed by atoms with van der Waals surface area (Å²) in [5.41, 5.74) is 3.38. The first-order valence-electron chi connectivity index (χ1n) is 12.3. The Kier molecular flexibility index (Phi) is 10.4. The van der Waals surface area contributed by atoms with Gasteiger partial charge in [-0.05, 0) is 45.1 Å². The van der Waals surface area contributed by atoms with Crippen LogP contribution in [0.25, 0.3) is 0 Å². The number of hydrogen-bond donors (Lipinski definition) is 2. The van der Waals surface area contributed by atoms with E-state index in [9.17, 15) is 10.2 Å². The highest BCUT2D eigenvalue weighted by Crippen LogP contribution is 2.32. The number of hydrogen-bond acceptors (Lipinski definition) is 5. The minimum Gasteiger partial charge on any atom is -0.446 e. The fourth-order valence-electron chi connectivity index (χ4n) is 4.46. The predicted molar refractivity (Wildman–Crippen MR) is 133 cm³/mol. The van der Waals surface area contributed by atoms with Gasteiger partial charge in [0.2, 0.25) is 12.2 Å². The Bertz CT molecular complexity index is 835. The molecule has 0 aliphatic carbocycles. The third-order valence-corrected chi connectivity index (χ3v) is 5.98. The van der Waals surface area contributed by atoms with Gasteiger partial charge in [0.15, 0.2) is 0 Å². The molecule has 0 bridgehead atoms. The van der Waals surface area contributed by atoms with Crippen LogP contribution in [0.5, 0.6) is 5.88 Å². The van der Waals surface area contributed by atoms with Crippen molar-refractivity contribution < 1.29 is 19.7 Å². The number of aliphatic hydroxyl groups excluding tert-OH is 2. The van der Waals surface area contributed by atoms with Crippen LogP contribution in [0, 0.1) is 12.3 Å². The van der Waals surface area contributed by atoms with Crippen LogP contribution in [0.4, 0.5) is 0 Å². The molecule has 3 atom stereocenters. The number of rotatable bonds is 11. The van der Waals surface area contributed by atoms with Crippen LogP contribution < -0.4 is 4.74 Å². The van der Waals surface area contributed by atoms with Crippen molar-refractivity contribution in [3.05, 3.63) is 47.2 Å². The molecule has 3 unspecified atom stereocenters. The van der Waals surface area contributed by atoms with Crippen molar-refractivity contribution in [2.45, 2.75) is 105 Å². The molecule has 0 aromatic carbocycles. The van der Waals surface area contributed by atoms with E-state index in [2.05, 4.69) is 59.8 Å². The molecule has 1 aliphatic heterocycles. The highest BCUT2D eigenvalue weighted by atomic mass is 16.7. The quantitative estimate of drug-likeness (QED) is 0.430. The summed E-state index contributed by atoms with van der Waals surface area (Å²) in [5, 5.41) is 24.5. The molecule has 2 heterocycles. The fraction of sp³-hybridized carbons (Fsp3) is 0.667. The second kappa shape index (κ2) is 12.5. The van der Waals surface area contributed by atoms with Crippen molar-refractivity contribution in [2.24, 2.45) is 5.41 Å². The van der Waals surface area contributed by atoms with Gasteiger partial charge < -0.3 is 19.7 Å². The van der Waals surface area contributed by atoms with E-state index in [-0.39, 0.29) is 18.1 Å². The summed E-state index contributed by atoms with van der Waals surface area (Å²) in [4.78, 5) is 0. The smallest absolute Gasteiger partial charge is 0.238 e. The van der Waals surface area contributed by atoms with Gasteiger partial charge in [0.25, 0.3) is 0 Å². The van der Waals surface area contributed by atoms with Crippen molar-refractivity contribution in [2.75, 3.05) is 6.61 Å². The number of nitrogens with zero attached hydrogens (tertiary/aromatic N) is 2. The molecule has 1 fully saturated rings. The topological polar surface area (TPSA) is 76.7 Å². The second-order valence-corrected chi connectivity index (χ2v) is 10.0. The molecule has 186 valence electrons. The summed E-state index contributed by atoms with van der Waals surface area (Å²) >= 11 is 0. The van der Waals surface area contributed by atoms with Gasteiger partial charge in [-0.3, -0.25) is 4.68 Å². The molecule has 0 spiro atoms. The molecule has 0 amide bonds. The minimum absolute atomic E-state index is 0.0816. The Morgan fingerprint density at radius 3 is 2.64 bits per heavy atom. The third-order valence-electron chi connectivity index (χ3n) is 5.98. The summed E-state index contributed by atoms with van der Waals surface area (Å²) in [6, 6.07) is 0.187. The number of allylic oxidation sites excluding steroid dienone is 6. The molecule has 1 saturated heterocycles. The van der Waals surface area contributed by atoms with Gasteiger partial charge in [-0.25, -0.2) is 0 Å². The van der Waals surface area contributed by atoms with Crippen LogP contribution in [0.3, 0.4) is 0 Å². The zero-order valence-electron chi connectivity index (χ0n) is 21.5. The van der Waals surface area contributed by atoms with E-state index in [0.29, 0.717) is 25.1 Å². The Hall–Kier alpha value is -1.89. The van der Waals surface area contributed by atoms with Crippen molar-refractivity contribution >= 4 is 0 Å². The summed E-state index contributed by atoms with van der Waals surface area (Å²) in [7, 11) is 0. The lowest BCUT2D eigenvalue weighted by Gasteiger charge is -2.31. The van der Waals surface area contributed by atoms with Crippen molar-refractivity contribution in [3.8, 4) is 5.88 Å². The lowest BCUT2D eigenvalue weighted by molar-refractivity contribution is -0.186. The Morgan fingerprint density at radius 1 is 1.30 bits per heavy atom. The Labute approximate surface area is 200 Å². The average molecular weight is 461 g/mol. The van der Waals surface area contributed by atoms with Crippen molar-refractivity contribution in [3.63, 3.8) is 0 Å². The van der Waals surface area contributed by atoms with Crippen molar-refractivity contribution in [1.82, 2.24) is 9.78 Å². The second-order valence-electron chi connectivity index (χ2n) is 10.0.